The summed E-state index contributed by atoms with van der Waals surface area (Å²) in [5.41, 5.74) is 8.07. The van der Waals surface area contributed by atoms with E-state index in [1.54, 1.807) is 18.2 Å². The van der Waals surface area contributed by atoms with Gasteiger partial charge >= 0.3 is 5.63 Å². The fraction of sp³-hybridized carbons (Fsp3) is 0.0476. The smallest absolute Gasteiger partial charge is 0.336 e. The SMILES string of the molecule is CN(C(N)=Nc1ccc2oc(=O)ccc2c1)c1cccc2ccccc12. The Morgan fingerprint density at radius 3 is 2.65 bits per heavy atom. The molecule has 0 saturated carbocycles. The molecule has 4 rings (SSSR count). The Bertz CT molecular complexity index is 1190. The molecule has 0 fully saturated rings. The van der Waals surface area contributed by atoms with E-state index >= 15 is 0 Å². The Hall–Kier alpha value is -3.60. The van der Waals surface area contributed by atoms with Crippen LogP contribution in [0, 0.1) is 0 Å². The highest BCUT2D eigenvalue weighted by molar-refractivity contribution is 6.04. The maximum atomic E-state index is 11.3. The molecule has 0 amide bonds. The summed E-state index contributed by atoms with van der Waals surface area (Å²) in [5.74, 6) is 0.373. The highest BCUT2D eigenvalue weighted by Gasteiger charge is 2.09. The summed E-state index contributed by atoms with van der Waals surface area (Å²) in [6.07, 6.45) is 0. The van der Waals surface area contributed by atoms with Crippen molar-refractivity contribution < 1.29 is 4.42 Å². The van der Waals surface area contributed by atoms with E-state index in [0.717, 1.165) is 21.8 Å². The molecule has 0 unspecified atom stereocenters. The maximum Gasteiger partial charge on any atom is 0.336 e. The number of rotatable bonds is 2. The molecule has 0 bridgehead atoms. The summed E-state index contributed by atoms with van der Waals surface area (Å²) in [4.78, 5) is 17.7. The summed E-state index contributed by atoms with van der Waals surface area (Å²) < 4.78 is 5.14. The van der Waals surface area contributed by atoms with Gasteiger partial charge in [-0.05, 0) is 35.7 Å². The highest BCUT2D eigenvalue weighted by atomic mass is 16.4. The number of benzene rings is 3. The van der Waals surface area contributed by atoms with Gasteiger partial charge in [0.2, 0.25) is 5.96 Å². The number of fused-ring (bicyclic) bond motifs is 2. The zero-order valence-corrected chi connectivity index (χ0v) is 14.2. The normalized spacial score (nSPS) is 11.8. The first kappa shape index (κ1) is 15.9. The van der Waals surface area contributed by atoms with E-state index in [-0.39, 0.29) is 5.63 Å². The molecule has 0 aliphatic heterocycles. The van der Waals surface area contributed by atoms with Crippen LogP contribution in [0.4, 0.5) is 11.4 Å². The maximum absolute atomic E-state index is 11.3. The van der Waals surface area contributed by atoms with Crippen molar-refractivity contribution in [3.8, 4) is 0 Å². The van der Waals surface area contributed by atoms with Gasteiger partial charge in [0.25, 0.3) is 0 Å². The molecule has 26 heavy (non-hydrogen) atoms. The summed E-state index contributed by atoms with van der Waals surface area (Å²) in [7, 11) is 1.89. The molecule has 0 spiro atoms. The molecular weight excluding hydrogens is 326 g/mol. The van der Waals surface area contributed by atoms with Gasteiger partial charge < -0.3 is 15.1 Å². The van der Waals surface area contributed by atoms with Crippen molar-refractivity contribution in [3.05, 3.63) is 83.2 Å². The summed E-state index contributed by atoms with van der Waals surface area (Å²) in [5, 5.41) is 3.05. The molecule has 4 aromatic rings. The molecule has 5 heteroatoms. The monoisotopic (exact) mass is 343 g/mol. The molecule has 0 aliphatic carbocycles. The van der Waals surface area contributed by atoms with Crippen LogP contribution in [0.15, 0.2) is 87.0 Å². The molecule has 1 aromatic heterocycles. The minimum absolute atomic E-state index is 0.371. The number of aliphatic imine (C=N–C) groups is 1. The number of guanidine groups is 1. The third-order valence-electron chi connectivity index (χ3n) is 4.32. The molecule has 5 nitrogen and oxygen atoms in total. The lowest BCUT2D eigenvalue weighted by Crippen LogP contribution is -2.33. The summed E-state index contributed by atoms with van der Waals surface area (Å²) in [6, 6.07) is 22.7. The third kappa shape index (κ3) is 2.91. The number of anilines is 1. The molecular formula is C21H17N3O2. The van der Waals surface area contributed by atoms with Crippen LogP contribution in [0.1, 0.15) is 0 Å². The van der Waals surface area contributed by atoms with Crippen molar-refractivity contribution >= 4 is 39.1 Å². The lowest BCUT2D eigenvalue weighted by Gasteiger charge is -2.20. The number of hydrogen-bond acceptors (Lipinski definition) is 3. The Kier molecular flexibility index (Phi) is 3.89. The largest absolute Gasteiger partial charge is 0.423 e. The number of nitrogens with zero attached hydrogens (tertiary/aromatic N) is 2. The van der Waals surface area contributed by atoms with Crippen LogP contribution < -0.4 is 16.3 Å². The Labute approximate surface area is 150 Å². The van der Waals surface area contributed by atoms with Crippen LogP contribution in [-0.2, 0) is 0 Å². The third-order valence-corrected chi connectivity index (χ3v) is 4.32. The first-order chi connectivity index (χ1) is 12.6. The average Bonchev–Trinajstić information content (AvgIpc) is 2.67. The van der Waals surface area contributed by atoms with E-state index in [4.69, 9.17) is 10.2 Å². The van der Waals surface area contributed by atoms with Crippen LogP contribution in [0.5, 0.6) is 0 Å². The number of nitrogens with two attached hydrogens (primary N) is 1. The van der Waals surface area contributed by atoms with E-state index in [0.29, 0.717) is 17.2 Å². The first-order valence-corrected chi connectivity index (χ1v) is 8.21. The predicted molar refractivity (Wildman–Crippen MR) is 106 cm³/mol. The fourth-order valence-electron chi connectivity index (χ4n) is 2.96. The predicted octanol–water partition coefficient (Wildman–Crippen LogP) is 4.03. The molecule has 3 aromatic carbocycles. The van der Waals surface area contributed by atoms with E-state index in [1.807, 2.05) is 42.3 Å². The van der Waals surface area contributed by atoms with Gasteiger partial charge in [0, 0.05) is 23.9 Å². The van der Waals surface area contributed by atoms with Gasteiger partial charge in [0.1, 0.15) is 5.58 Å². The Morgan fingerprint density at radius 2 is 1.77 bits per heavy atom. The fourth-order valence-corrected chi connectivity index (χ4v) is 2.96. The van der Waals surface area contributed by atoms with Crippen LogP contribution in [0.25, 0.3) is 21.7 Å². The Balaban J connectivity index is 1.73. The Morgan fingerprint density at radius 1 is 0.962 bits per heavy atom. The quantitative estimate of drug-likeness (QED) is 0.339. The van der Waals surface area contributed by atoms with Crippen LogP contribution in [-0.4, -0.2) is 13.0 Å². The molecule has 128 valence electrons. The molecule has 0 atom stereocenters. The van der Waals surface area contributed by atoms with Crippen molar-refractivity contribution in [1.29, 1.82) is 0 Å². The number of hydrogen-bond donors (Lipinski definition) is 1. The van der Waals surface area contributed by atoms with E-state index < -0.39 is 0 Å². The van der Waals surface area contributed by atoms with Gasteiger partial charge in [-0.2, -0.15) is 0 Å². The first-order valence-electron chi connectivity index (χ1n) is 8.21. The lowest BCUT2D eigenvalue weighted by atomic mass is 10.1. The van der Waals surface area contributed by atoms with Gasteiger partial charge in [0.15, 0.2) is 0 Å². The second kappa shape index (κ2) is 6.37. The average molecular weight is 343 g/mol. The summed E-state index contributed by atoms with van der Waals surface area (Å²) >= 11 is 0. The zero-order chi connectivity index (χ0) is 18.1. The van der Waals surface area contributed by atoms with Crippen LogP contribution in [0.3, 0.4) is 0 Å². The second-order valence-electron chi connectivity index (χ2n) is 6.00. The minimum atomic E-state index is -0.371. The minimum Gasteiger partial charge on any atom is -0.423 e. The van der Waals surface area contributed by atoms with Crippen molar-refractivity contribution in [2.45, 2.75) is 0 Å². The van der Waals surface area contributed by atoms with Crippen molar-refractivity contribution in [2.75, 3.05) is 11.9 Å². The van der Waals surface area contributed by atoms with Gasteiger partial charge in [-0.1, -0.05) is 36.4 Å². The van der Waals surface area contributed by atoms with Gasteiger partial charge in [-0.25, -0.2) is 9.79 Å². The molecule has 0 radical (unpaired) electrons. The molecule has 0 saturated heterocycles. The second-order valence-corrected chi connectivity index (χ2v) is 6.00. The van der Waals surface area contributed by atoms with E-state index in [2.05, 4.69) is 23.2 Å². The summed E-state index contributed by atoms with van der Waals surface area (Å²) in [6.45, 7) is 0. The highest BCUT2D eigenvalue weighted by Crippen LogP contribution is 2.26. The topological polar surface area (TPSA) is 71.8 Å². The van der Waals surface area contributed by atoms with Gasteiger partial charge in [0.05, 0.1) is 11.4 Å². The van der Waals surface area contributed by atoms with Crippen molar-refractivity contribution in [2.24, 2.45) is 10.7 Å². The van der Waals surface area contributed by atoms with Crippen LogP contribution in [0.2, 0.25) is 0 Å². The van der Waals surface area contributed by atoms with Crippen LogP contribution >= 0.6 is 0 Å². The van der Waals surface area contributed by atoms with E-state index in [1.165, 1.54) is 6.07 Å². The lowest BCUT2D eigenvalue weighted by molar-refractivity contribution is 0.561. The van der Waals surface area contributed by atoms with Crippen molar-refractivity contribution in [1.82, 2.24) is 0 Å². The zero-order valence-electron chi connectivity index (χ0n) is 14.2. The van der Waals surface area contributed by atoms with Gasteiger partial charge in [-0.3, -0.25) is 0 Å². The van der Waals surface area contributed by atoms with Gasteiger partial charge in [-0.15, -0.1) is 0 Å². The van der Waals surface area contributed by atoms with E-state index in [9.17, 15) is 4.79 Å². The molecule has 2 N–H and O–H groups in total. The molecule has 0 aliphatic rings. The molecule has 1 heterocycles. The van der Waals surface area contributed by atoms with Crippen molar-refractivity contribution in [3.63, 3.8) is 0 Å². The standard InChI is InChI=1S/C21H17N3O2/c1-24(18-8-4-6-14-5-2-3-7-17(14)18)21(22)23-16-10-11-19-15(13-16)9-12-20(25)26-19/h2-13H,1H3,(H2,22,23).